The van der Waals surface area contributed by atoms with E-state index in [2.05, 4.69) is 9.88 Å². The van der Waals surface area contributed by atoms with Crippen LogP contribution in [-0.2, 0) is 4.79 Å². The molecule has 106 valence electrons. The van der Waals surface area contributed by atoms with E-state index in [4.69, 9.17) is 4.74 Å². The molecule has 0 spiro atoms. The van der Waals surface area contributed by atoms with E-state index in [0.29, 0.717) is 0 Å². The number of pyridine rings is 1. The molecule has 1 aromatic heterocycles. The van der Waals surface area contributed by atoms with Crippen molar-refractivity contribution in [3.63, 3.8) is 0 Å². The van der Waals surface area contributed by atoms with Crippen LogP contribution in [0.2, 0.25) is 0 Å². The van der Waals surface area contributed by atoms with Gasteiger partial charge in [-0.15, -0.1) is 0 Å². The van der Waals surface area contributed by atoms with E-state index in [1.54, 1.807) is 12.4 Å². The highest BCUT2D eigenvalue weighted by molar-refractivity contribution is 6.01. The minimum atomic E-state index is 0.121. The fraction of sp³-hybridized carbons (Fsp3) is 0.500. The second-order valence-electron chi connectivity index (χ2n) is 5.78. The Bertz CT molecular complexity index is 543. The number of carbonyl (C=O) groups excluding carboxylic acids is 1. The van der Waals surface area contributed by atoms with Crippen molar-refractivity contribution in [2.75, 3.05) is 13.1 Å². The van der Waals surface area contributed by atoms with Gasteiger partial charge < -0.3 is 9.64 Å². The Morgan fingerprint density at radius 1 is 1.35 bits per heavy atom. The summed E-state index contributed by atoms with van der Waals surface area (Å²) in [4.78, 5) is 18.7. The molecular formula is C16H20N2O2. The summed E-state index contributed by atoms with van der Waals surface area (Å²) < 4.78 is 5.64. The second kappa shape index (κ2) is 5.27. The third-order valence-electron chi connectivity index (χ3n) is 3.87. The predicted octanol–water partition coefficient (Wildman–Crippen LogP) is 2.50. The van der Waals surface area contributed by atoms with Crippen LogP contribution in [0.5, 0.6) is 5.75 Å². The molecule has 4 heteroatoms. The lowest BCUT2D eigenvalue weighted by Gasteiger charge is -2.41. The molecule has 0 atom stereocenters. The van der Waals surface area contributed by atoms with Crippen LogP contribution in [-0.4, -0.2) is 34.9 Å². The number of carbonyl (C=O) groups is 1. The maximum absolute atomic E-state index is 12.3. The van der Waals surface area contributed by atoms with Crippen LogP contribution in [0.1, 0.15) is 32.3 Å². The molecule has 3 saturated heterocycles. The minimum Gasteiger partial charge on any atom is -0.489 e. The highest BCUT2D eigenvalue weighted by Gasteiger charge is 2.36. The van der Waals surface area contributed by atoms with Gasteiger partial charge in [0, 0.05) is 25.2 Å². The lowest BCUT2D eigenvalue weighted by atomic mass is 9.84. The van der Waals surface area contributed by atoms with Gasteiger partial charge in [-0.2, -0.15) is 0 Å². The van der Waals surface area contributed by atoms with Crippen LogP contribution >= 0.6 is 0 Å². The second-order valence-corrected chi connectivity index (χ2v) is 5.78. The first-order valence-electron chi connectivity index (χ1n) is 7.26. The quantitative estimate of drug-likeness (QED) is 0.793. The van der Waals surface area contributed by atoms with Gasteiger partial charge in [0.25, 0.3) is 0 Å². The molecule has 0 N–H and O–H groups in total. The molecule has 4 rings (SSSR count). The summed E-state index contributed by atoms with van der Waals surface area (Å²) in [6.07, 6.45) is 7.56. The van der Waals surface area contributed by atoms with Crippen molar-refractivity contribution in [1.82, 2.24) is 9.88 Å². The van der Waals surface area contributed by atoms with Gasteiger partial charge in [-0.25, -0.2) is 0 Å². The normalized spacial score (nSPS) is 21.1. The topological polar surface area (TPSA) is 42.4 Å². The number of hydrogen-bond donors (Lipinski definition) is 0. The van der Waals surface area contributed by atoms with Crippen LogP contribution in [0.4, 0.5) is 0 Å². The molecule has 4 nitrogen and oxygen atoms in total. The minimum absolute atomic E-state index is 0.121. The Morgan fingerprint density at radius 2 is 2.10 bits per heavy atom. The Balaban J connectivity index is 1.86. The number of allylic oxidation sites excluding steroid dienone is 1. The standard InChI is InChI=1S/C16H20N2O2/c1-11(2)20-14-7-12(9-17-10-14)8-15-16(19)13-3-5-18(15)6-4-13/h7-11,13H,3-6H2,1-2H3/b15-8+. The number of hydrogen-bond acceptors (Lipinski definition) is 4. The number of Topliss-reactive ketones (excluding diaryl/α,β-unsaturated/α-hetero) is 1. The lowest BCUT2D eigenvalue weighted by molar-refractivity contribution is -0.125. The Kier molecular flexibility index (Phi) is 3.47. The van der Waals surface area contributed by atoms with Gasteiger partial charge in [0.15, 0.2) is 5.78 Å². The molecule has 2 bridgehead atoms. The molecule has 1 aromatic rings. The average molecular weight is 272 g/mol. The van der Waals surface area contributed by atoms with Gasteiger partial charge in [-0.1, -0.05) is 0 Å². The molecule has 0 amide bonds. The zero-order chi connectivity index (χ0) is 14.1. The Labute approximate surface area is 119 Å². The first-order chi connectivity index (χ1) is 9.63. The van der Waals surface area contributed by atoms with Crippen molar-refractivity contribution in [3.05, 3.63) is 29.7 Å². The molecule has 3 aliphatic heterocycles. The summed E-state index contributed by atoms with van der Waals surface area (Å²) in [5.41, 5.74) is 1.77. The van der Waals surface area contributed by atoms with Crippen molar-refractivity contribution in [3.8, 4) is 5.75 Å². The van der Waals surface area contributed by atoms with Crippen molar-refractivity contribution in [2.45, 2.75) is 32.8 Å². The number of rotatable bonds is 3. The van der Waals surface area contributed by atoms with Crippen molar-refractivity contribution in [2.24, 2.45) is 5.92 Å². The van der Waals surface area contributed by atoms with Gasteiger partial charge in [-0.3, -0.25) is 9.78 Å². The number of nitrogens with zero attached hydrogens (tertiary/aromatic N) is 2. The van der Waals surface area contributed by atoms with E-state index in [-0.39, 0.29) is 17.8 Å². The summed E-state index contributed by atoms with van der Waals surface area (Å²) in [5, 5.41) is 0. The molecule has 0 aromatic carbocycles. The zero-order valence-electron chi connectivity index (χ0n) is 12.0. The largest absolute Gasteiger partial charge is 0.489 e. The smallest absolute Gasteiger partial charge is 0.182 e. The fourth-order valence-electron chi connectivity index (χ4n) is 2.92. The van der Waals surface area contributed by atoms with Gasteiger partial charge >= 0.3 is 0 Å². The van der Waals surface area contributed by atoms with E-state index in [1.165, 1.54) is 0 Å². The summed E-state index contributed by atoms with van der Waals surface area (Å²) in [5.74, 6) is 1.27. The highest BCUT2D eigenvalue weighted by Crippen LogP contribution is 2.32. The predicted molar refractivity (Wildman–Crippen MR) is 77.3 cm³/mol. The van der Waals surface area contributed by atoms with E-state index in [0.717, 1.165) is 42.9 Å². The van der Waals surface area contributed by atoms with Gasteiger partial charge in [-0.05, 0) is 44.4 Å². The number of aromatic nitrogens is 1. The summed E-state index contributed by atoms with van der Waals surface area (Å²) >= 11 is 0. The van der Waals surface area contributed by atoms with Crippen LogP contribution in [0.3, 0.4) is 0 Å². The van der Waals surface area contributed by atoms with Crippen molar-refractivity contribution >= 4 is 11.9 Å². The SMILES string of the molecule is CC(C)Oc1cncc(/C=C2\C(=O)C3CCN2CC3)c1. The molecule has 0 aliphatic carbocycles. The van der Waals surface area contributed by atoms with E-state index >= 15 is 0 Å². The molecule has 3 fully saturated rings. The molecule has 3 aliphatic rings. The maximum atomic E-state index is 12.3. The first kappa shape index (κ1) is 13.2. The third kappa shape index (κ3) is 2.55. The maximum Gasteiger partial charge on any atom is 0.182 e. The number of fused-ring (bicyclic) bond motifs is 3. The molecular weight excluding hydrogens is 252 g/mol. The number of piperidine rings is 3. The fourth-order valence-corrected chi connectivity index (χ4v) is 2.92. The summed E-state index contributed by atoms with van der Waals surface area (Å²) in [7, 11) is 0. The summed E-state index contributed by atoms with van der Waals surface area (Å²) in [6.45, 7) is 5.97. The molecule has 0 unspecified atom stereocenters. The Morgan fingerprint density at radius 3 is 2.75 bits per heavy atom. The van der Waals surface area contributed by atoms with Crippen LogP contribution < -0.4 is 4.74 Å². The third-order valence-corrected chi connectivity index (χ3v) is 3.87. The van der Waals surface area contributed by atoms with E-state index in [9.17, 15) is 4.79 Å². The van der Waals surface area contributed by atoms with Crippen molar-refractivity contribution in [1.29, 1.82) is 0 Å². The van der Waals surface area contributed by atoms with Gasteiger partial charge in [0.05, 0.1) is 18.0 Å². The number of ether oxygens (including phenoxy) is 1. The molecule has 0 saturated carbocycles. The van der Waals surface area contributed by atoms with E-state index in [1.807, 2.05) is 26.0 Å². The van der Waals surface area contributed by atoms with E-state index < -0.39 is 0 Å². The van der Waals surface area contributed by atoms with Crippen LogP contribution in [0.15, 0.2) is 24.2 Å². The van der Waals surface area contributed by atoms with Crippen LogP contribution in [0, 0.1) is 5.92 Å². The highest BCUT2D eigenvalue weighted by atomic mass is 16.5. The summed E-state index contributed by atoms with van der Waals surface area (Å²) in [6, 6.07) is 1.94. The monoisotopic (exact) mass is 272 g/mol. The zero-order valence-corrected chi connectivity index (χ0v) is 12.0. The van der Waals surface area contributed by atoms with Gasteiger partial charge in [0.1, 0.15) is 5.75 Å². The molecule has 20 heavy (non-hydrogen) atoms. The molecule has 0 radical (unpaired) electrons. The van der Waals surface area contributed by atoms with Crippen molar-refractivity contribution < 1.29 is 9.53 Å². The van der Waals surface area contributed by atoms with Crippen LogP contribution in [0.25, 0.3) is 6.08 Å². The lowest BCUT2D eigenvalue weighted by Crippen LogP contribution is -2.45. The number of ketones is 1. The van der Waals surface area contributed by atoms with Gasteiger partial charge in [0.2, 0.25) is 0 Å². The first-order valence-corrected chi connectivity index (χ1v) is 7.26. The molecule has 4 heterocycles. The average Bonchev–Trinajstić information content (AvgIpc) is 2.43. The Hall–Kier alpha value is -1.84.